The minimum atomic E-state index is 0.206. The molecule has 0 atom stereocenters. The molecule has 0 saturated carbocycles. The Balaban J connectivity index is 2.58. The zero-order valence-electron chi connectivity index (χ0n) is 8.62. The molecule has 2 rings (SSSR count). The maximum Gasteiger partial charge on any atom is 0.156 e. The van der Waals surface area contributed by atoms with Crippen molar-refractivity contribution in [1.82, 2.24) is 10.2 Å². The van der Waals surface area contributed by atoms with Crippen LogP contribution in [0.25, 0.3) is 11.3 Å². The van der Waals surface area contributed by atoms with Gasteiger partial charge in [-0.25, -0.2) is 0 Å². The summed E-state index contributed by atoms with van der Waals surface area (Å²) in [5.74, 6) is 0.206. The van der Waals surface area contributed by atoms with Crippen molar-refractivity contribution in [1.29, 1.82) is 0 Å². The standard InChI is InChI=1S/C11H10ClN3O/c1-6-4-7(2-3-9(6)12)10-8(5-16)11(13)15-14-10/h2-5H,1H3,(H3,13,14,15). The molecule has 1 aromatic carbocycles. The highest BCUT2D eigenvalue weighted by atomic mass is 35.5. The Kier molecular flexibility index (Phi) is 2.66. The third-order valence-electron chi connectivity index (χ3n) is 2.40. The zero-order valence-corrected chi connectivity index (χ0v) is 9.38. The predicted octanol–water partition coefficient (Wildman–Crippen LogP) is 2.43. The molecule has 3 N–H and O–H groups in total. The van der Waals surface area contributed by atoms with E-state index in [9.17, 15) is 4.79 Å². The van der Waals surface area contributed by atoms with Crippen LogP contribution in [0.3, 0.4) is 0 Å². The van der Waals surface area contributed by atoms with Gasteiger partial charge in [0, 0.05) is 10.6 Å². The Labute approximate surface area is 97.4 Å². The van der Waals surface area contributed by atoms with Crippen LogP contribution in [-0.2, 0) is 0 Å². The number of nitrogens with two attached hydrogens (primary N) is 1. The number of aromatic amines is 1. The fourth-order valence-corrected chi connectivity index (χ4v) is 1.62. The first-order valence-electron chi connectivity index (χ1n) is 4.69. The van der Waals surface area contributed by atoms with Gasteiger partial charge in [-0.1, -0.05) is 17.7 Å². The maximum absolute atomic E-state index is 10.9. The molecule has 0 aliphatic carbocycles. The molecular formula is C11H10ClN3O. The highest BCUT2D eigenvalue weighted by Crippen LogP contribution is 2.27. The van der Waals surface area contributed by atoms with E-state index in [-0.39, 0.29) is 5.82 Å². The molecule has 2 aromatic rings. The first-order chi connectivity index (χ1) is 7.63. The number of hydrogen-bond donors (Lipinski definition) is 2. The molecule has 0 fully saturated rings. The fourth-order valence-electron chi connectivity index (χ4n) is 1.50. The molecule has 4 nitrogen and oxygen atoms in total. The van der Waals surface area contributed by atoms with Gasteiger partial charge in [0.25, 0.3) is 0 Å². The van der Waals surface area contributed by atoms with E-state index in [0.717, 1.165) is 11.1 Å². The SMILES string of the molecule is Cc1cc(-c2[nH]nc(N)c2C=O)ccc1Cl. The number of aromatic nitrogens is 2. The molecule has 1 heterocycles. The van der Waals surface area contributed by atoms with Crippen LogP contribution in [0.5, 0.6) is 0 Å². The van der Waals surface area contributed by atoms with E-state index in [1.54, 1.807) is 6.07 Å². The van der Waals surface area contributed by atoms with E-state index in [1.807, 2.05) is 19.1 Å². The van der Waals surface area contributed by atoms with Crippen molar-refractivity contribution in [3.63, 3.8) is 0 Å². The van der Waals surface area contributed by atoms with E-state index in [4.69, 9.17) is 17.3 Å². The van der Waals surface area contributed by atoms with E-state index < -0.39 is 0 Å². The van der Waals surface area contributed by atoms with Gasteiger partial charge in [0.05, 0.1) is 11.3 Å². The van der Waals surface area contributed by atoms with Crippen molar-refractivity contribution in [3.8, 4) is 11.3 Å². The number of nitrogens with zero attached hydrogens (tertiary/aromatic N) is 1. The van der Waals surface area contributed by atoms with Gasteiger partial charge >= 0.3 is 0 Å². The third kappa shape index (κ3) is 1.67. The lowest BCUT2D eigenvalue weighted by atomic mass is 10.1. The monoisotopic (exact) mass is 235 g/mol. The largest absolute Gasteiger partial charge is 0.382 e. The Morgan fingerprint density at radius 3 is 2.88 bits per heavy atom. The van der Waals surface area contributed by atoms with Crippen LogP contribution < -0.4 is 5.73 Å². The summed E-state index contributed by atoms with van der Waals surface area (Å²) in [6, 6.07) is 5.47. The first kappa shape index (κ1) is 10.7. The smallest absolute Gasteiger partial charge is 0.156 e. The number of nitrogen functional groups attached to an aromatic ring is 1. The molecule has 5 heteroatoms. The van der Waals surface area contributed by atoms with Crippen LogP contribution in [0.4, 0.5) is 5.82 Å². The topological polar surface area (TPSA) is 71.8 Å². The van der Waals surface area contributed by atoms with Gasteiger partial charge in [-0.3, -0.25) is 9.89 Å². The van der Waals surface area contributed by atoms with Gasteiger partial charge in [-0.05, 0) is 24.6 Å². The minimum Gasteiger partial charge on any atom is -0.382 e. The second kappa shape index (κ2) is 3.98. The van der Waals surface area contributed by atoms with Crippen molar-refractivity contribution in [2.24, 2.45) is 0 Å². The van der Waals surface area contributed by atoms with E-state index in [1.165, 1.54) is 0 Å². The number of aldehydes is 1. The molecule has 1 aromatic heterocycles. The third-order valence-corrected chi connectivity index (χ3v) is 2.82. The number of hydrogen-bond acceptors (Lipinski definition) is 3. The van der Waals surface area contributed by atoms with Crippen molar-refractivity contribution >= 4 is 23.7 Å². The summed E-state index contributed by atoms with van der Waals surface area (Å²) in [5.41, 5.74) is 8.33. The van der Waals surface area contributed by atoms with Crippen molar-refractivity contribution in [2.75, 3.05) is 5.73 Å². The Morgan fingerprint density at radius 1 is 1.50 bits per heavy atom. The predicted molar refractivity (Wildman–Crippen MR) is 63.6 cm³/mol. The number of H-pyrrole nitrogens is 1. The molecule has 16 heavy (non-hydrogen) atoms. The lowest BCUT2D eigenvalue weighted by Crippen LogP contribution is -1.91. The quantitative estimate of drug-likeness (QED) is 0.786. The molecule has 0 bridgehead atoms. The summed E-state index contributed by atoms with van der Waals surface area (Å²) in [4.78, 5) is 10.9. The Hall–Kier alpha value is -1.81. The summed E-state index contributed by atoms with van der Waals surface area (Å²) in [6.07, 6.45) is 0.693. The van der Waals surface area contributed by atoms with Crippen LogP contribution in [0.15, 0.2) is 18.2 Å². The summed E-state index contributed by atoms with van der Waals surface area (Å²) in [6.45, 7) is 1.89. The first-order valence-corrected chi connectivity index (χ1v) is 5.07. The number of anilines is 1. The highest BCUT2D eigenvalue weighted by molar-refractivity contribution is 6.31. The molecule has 0 spiro atoms. The van der Waals surface area contributed by atoms with Crippen LogP contribution in [-0.4, -0.2) is 16.5 Å². The normalized spacial score (nSPS) is 10.4. The second-order valence-corrected chi connectivity index (χ2v) is 3.89. The average molecular weight is 236 g/mol. The van der Waals surface area contributed by atoms with E-state index >= 15 is 0 Å². The lowest BCUT2D eigenvalue weighted by Gasteiger charge is -2.02. The lowest BCUT2D eigenvalue weighted by molar-refractivity contribution is 0.112. The van der Waals surface area contributed by atoms with E-state index in [0.29, 0.717) is 22.6 Å². The summed E-state index contributed by atoms with van der Waals surface area (Å²) in [7, 11) is 0. The Morgan fingerprint density at radius 2 is 2.25 bits per heavy atom. The summed E-state index contributed by atoms with van der Waals surface area (Å²) >= 11 is 5.93. The number of nitrogens with one attached hydrogen (secondary N) is 1. The van der Waals surface area contributed by atoms with Crippen molar-refractivity contribution in [2.45, 2.75) is 6.92 Å². The number of halogens is 1. The van der Waals surface area contributed by atoms with Gasteiger partial charge in [0.2, 0.25) is 0 Å². The maximum atomic E-state index is 10.9. The van der Waals surface area contributed by atoms with Gasteiger partial charge < -0.3 is 5.73 Å². The minimum absolute atomic E-state index is 0.206. The zero-order chi connectivity index (χ0) is 11.7. The van der Waals surface area contributed by atoms with Crippen LogP contribution >= 0.6 is 11.6 Å². The molecule has 0 saturated heterocycles. The molecule has 0 aliphatic heterocycles. The van der Waals surface area contributed by atoms with Gasteiger partial charge in [0.15, 0.2) is 12.1 Å². The highest BCUT2D eigenvalue weighted by Gasteiger charge is 2.12. The van der Waals surface area contributed by atoms with Gasteiger partial charge in [-0.2, -0.15) is 5.10 Å². The summed E-state index contributed by atoms with van der Waals surface area (Å²) < 4.78 is 0. The summed E-state index contributed by atoms with van der Waals surface area (Å²) in [5, 5.41) is 7.23. The second-order valence-electron chi connectivity index (χ2n) is 3.48. The number of benzene rings is 1. The molecule has 0 amide bonds. The number of aryl methyl sites for hydroxylation is 1. The number of carbonyl (C=O) groups is 1. The number of rotatable bonds is 2. The molecule has 82 valence electrons. The number of carbonyl (C=O) groups excluding carboxylic acids is 1. The molecular weight excluding hydrogens is 226 g/mol. The van der Waals surface area contributed by atoms with Crippen molar-refractivity contribution in [3.05, 3.63) is 34.3 Å². The van der Waals surface area contributed by atoms with Gasteiger partial charge in [0.1, 0.15) is 0 Å². The molecule has 0 radical (unpaired) electrons. The Bertz CT molecular complexity index is 548. The average Bonchev–Trinajstić information content (AvgIpc) is 2.63. The molecule has 0 unspecified atom stereocenters. The molecule has 0 aliphatic rings. The van der Waals surface area contributed by atoms with Crippen LogP contribution in [0, 0.1) is 6.92 Å². The van der Waals surface area contributed by atoms with Crippen LogP contribution in [0.1, 0.15) is 15.9 Å². The van der Waals surface area contributed by atoms with Crippen molar-refractivity contribution < 1.29 is 4.79 Å². The van der Waals surface area contributed by atoms with E-state index in [2.05, 4.69) is 10.2 Å². The fraction of sp³-hybridized carbons (Fsp3) is 0.0909. The van der Waals surface area contributed by atoms with Crippen LogP contribution in [0.2, 0.25) is 5.02 Å². The van der Waals surface area contributed by atoms with Gasteiger partial charge in [-0.15, -0.1) is 0 Å².